The molecule has 2 N–H and O–H groups in total. The number of likely N-dealkylation sites (tertiary alicyclic amines) is 1. The summed E-state index contributed by atoms with van der Waals surface area (Å²) in [6.07, 6.45) is 0.668. The molecule has 0 bridgehead atoms. The molecule has 2 aromatic rings. The van der Waals surface area contributed by atoms with Crippen molar-refractivity contribution in [3.63, 3.8) is 0 Å². The number of benzene rings is 2. The molecule has 0 radical (unpaired) electrons. The zero-order chi connectivity index (χ0) is 23.4. The van der Waals surface area contributed by atoms with Crippen LogP contribution in [0.1, 0.15) is 23.6 Å². The molecule has 0 saturated carbocycles. The van der Waals surface area contributed by atoms with Gasteiger partial charge in [-0.05, 0) is 36.2 Å². The lowest BCUT2D eigenvalue weighted by atomic mass is 9.95. The smallest absolute Gasteiger partial charge is 0.295 e. The first kappa shape index (κ1) is 22.8. The number of amides is 1. The Kier molecular flexibility index (Phi) is 6.96. The molecular weight excluding hydrogens is 424 g/mol. The fourth-order valence-electron chi connectivity index (χ4n) is 4.37. The van der Waals surface area contributed by atoms with Gasteiger partial charge in [0.2, 0.25) is 0 Å². The van der Waals surface area contributed by atoms with Crippen LogP contribution in [0, 0.1) is 0 Å². The highest BCUT2D eigenvalue weighted by Crippen LogP contribution is 2.40. The van der Waals surface area contributed by atoms with Crippen LogP contribution in [0.25, 0.3) is 5.76 Å². The van der Waals surface area contributed by atoms with E-state index in [1.807, 2.05) is 0 Å². The number of methoxy groups -OCH3 is 1. The maximum atomic E-state index is 13.1. The van der Waals surface area contributed by atoms with Crippen LogP contribution in [0.2, 0.25) is 0 Å². The lowest BCUT2D eigenvalue weighted by molar-refractivity contribution is -0.140. The van der Waals surface area contributed by atoms with Gasteiger partial charge < -0.3 is 24.6 Å². The molecule has 0 aliphatic carbocycles. The van der Waals surface area contributed by atoms with E-state index < -0.39 is 17.7 Å². The average molecular weight is 453 g/mol. The molecule has 1 unspecified atom stereocenters. The predicted octanol–water partition coefficient (Wildman–Crippen LogP) is 2.54. The second-order valence-electron chi connectivity index (χ2n) is 8.13. The largest absolute Gasteiger partial charge is 0.508 e. The number of phenolic OH excluding ortho intramolecular Hbond substituents is 1. The molecule has 1 amide bonds. The number of ether oxygens (including phenoxy) is 2. The number of hydrogen-bond donors (Lipinski definition) is 2. The fourth-order valence-corrected chi connectivity index (χ4v) is 4.37. The first-order valence-electron chi connectivity index (χ1n) is 11.0. The Morgan fingerprint density at radius 2 is 1.85 bits per heavy atom. The van der Waals surface area contributed by atoms with Crippen LogP contribution in [-0.2, 0) is 14.3 Å². The highest BCUT2D eigenvalue weighted by atomic mass is 16.5. The van der Waals surface area contributed by atoms with Crippen molar-refractivity contribution >= 4 is 17.4 Å². The minimum Gasteiger partial charge on any atom is -0.508 e. The Bertz CT molecular complexity index is 1060. The molecule has 1 atom stereocenters. The molecule has 8 heteroatoms. The first-order chi connectivity index (χ1) is 16.0. The third kappa shape index (κ3) is 4.86. The molecule has 0 aromatic heterocycles. The van der Waals surface area contributed by atoms with Crippen molar-refractivity contribution in [1.82, 2.24) is 9.80 Å². The predicted molar refractivity (Wildman–Crippen MR) is 122 cm³/mol. The number of carbonyl (C=O) groups excluding carboxylic acids is 2. The Morgan fingerprint density at radius 1 is 1.09 bits per heavy atom. The molecule has 4 rings (SSSR count). The van der Waals surface area contributed by atoms with E-state index in [4.69, 9.17) is 9.47 Å². The number of rotatable bonds is 7. The van der Waals surface area contributed by atoms with Crippen molar-refractivity contribution in [1.29, 1.82) is 0 Å². The van der Waals surface area contributed by atoms with Gasteiger partial charge in [0, 0.05) is 31.7 Å². The topological polar surface area (TPSA) is 99.5 Å². The van der Waals surface area contributed by atoms with E-state index in [0.29, 0.717) is 43.1 Å². The summed E-state index contributed by atoms with van der Waals surface area (Å²) in [5.74, 6) is -1.12. The zero-order valence-electron chi connectivity index (χ0n) is 18.6. The van der Waals surface area contributed by atoms with E-state index in [1.54, 1.807) is 36.4 Å². The van der Waals surface area contributed by atoms with Gasteiger partial charge in [0.25, 0.3) is 11.7 Å². The van der Waals surface area contributed by atoms with Gasteiger partial charge in [0.15, 0.2) is 0 Å². The maximum absolute atomic E-state index is 13.1. The second-order valence-corrected chi connectivity index (χ2v) is 8.13. The zero-order valence-corrected chi connectivity index (χ0v) is 18.6. The molecule has 33 heavy (non-hydrogen) atoms. The number of carbonyl (C=O) groups is 2. The lowest BCUT2D eigenvalue weighted by Crippen LogP contribution is -2.38. The van der Waals surface area contributed by atoms with Gasteiger partial charge in [-0.2, -0.15) is 0 Å². The highest BCUT2D eigenvalue weighted by molar-refractivity contribution is 6.46. The van der Waals surface area contributed by atoms with Crippen LogP contribution in [0.15, 0.2) is 54.1 Å². The SMILES string of the molecule is COc1cccc(C(O)=C2C(=O)C(=O)N(CCCN3CCOCC3)C2c2cccc(O)c2)c1. The van der Waals surface area contributed by atoms with Gasteiger partial charge in [-0.15, -0.1) is 0 Å². The molecule has 2 aromatic carbocycles. The summed E-state index contributed by atoms with van der Waals surface area (Å²) >= 11 is 0. The summed E-state index contributed by atoms with van der Waals surface area (Å²) < 4.78 is 10.6. The van der Waals surface area contributed by atoms with Gasteiger partial charge in [-0.25, -0.2) is 0 Å². The van der Waals surface area contributed by atoms with Crippen LogP contribution in [0.5, 0.6) is 11.5 Å². The van der Waals surface area contributed by atoms with E-state index in [9.17, 15) is 19.8 Å². The van der Waals surface area contributed by atoms with E-state index >= 15 is 0 Å². The van der Waals surface area contributed by atoms with Crippen molar-refractivity contribution in [2.45, 2.75) is 12.5 Å². The molecule has 2 saturated heterocycles. The Morgan fingerprint density at radius 3 is 2.58 bits per heavy atom. The van der Waals surface area contributed by atoms with Crippen molar-refractivity contribution in [3.8, 4) is 11.5 Å². The van der Waals surface area contributed by atoms with Crippen LogP contribution >= 0.6 is 0 Å². The molecular formula is C25H28N2O6. The molecule has 8 nitrogen and oxygen atoms in total. The molecule has 2 heterocycles. The van der Waals surface area contributed by atoms with Crippen molar-refractivity contribution in [2.75, 3.05) is 46.5 Å². The minimum absolute atomic E-state index is 0.00484. The van der Waals surface area contributed by atoms with Crippen molar-refractivity contribution < 1.29 is 29.3 Å². The summed E-state index contributed by atoms with van der Waals surface area (Å²) in [7, 11) is 1.51. The van der Waals surface area contributed by atoms with Crippen LogP contribution in [0.3, 0.4) is 0 Å². The van der Waals surface area contributed by atoms with Gasteiger partial charge in [-0.1, -0.05) is 24.3 Å². The lowest BCUT2D eigenvalue weighted by Gasteiger charge is -2.29. The monoisotopic (exact) mass is 452 g/mol. The van der Waals surface area contributed by atoms with E-state index in [0.717, 1.165) is 19.6 Å². The fraction of sp³-hybridized carbons (Fsp3) is 0.360. The average Bonchev–Trinajstić information content (AvgIpc) is 3.09. The van der Waals surface area contributed by atoms with Gasteiger partial charge in [0.05, 0.1) is 31.9 Å². The van der Waals surface area contributed by atoms with Gasteiger partial charge in [0.1, 0.15) is 17.3 Å². The minimum atomic E-state index is -0.798. The Balaban J connectivity index is 1.68. The number of ketones is 1. The molecule has 2 aliphatic rings. The Hall–Kier alpha value is -3.36. The van der Waals surface area contributed by atoms with Gasteiger partial charge >= 0.3 is 0 Å². The number of morpholine rings is 1. The summed E-state index contributed by atoms with van der Waals surface area (Å²) in [5, 5.41) is 21.2. The summed E-state index contributed by atoms with van der Waals surface area (Å²) in [6, 6.07) is 12.3. The third-order valence-corrected chi connectivity index (χ3v) is 6.05. The number of hydrogen-bond acceptors (Lipinski definition) is 7. The van der Waals surface area contributed by atoms with Crippen molar-refractivity contribution in [3.05, 3.63) is 65.2 Å². The second kappa shape index (κ2) is 10.1. The number of phenols is 1. The van der Waals surface area contributed by atoms with Crippen LogP contribution < -0.4 is 4.74 Å². The molecule has 0 spiro atoms. The summed E-state index contributed by atoms with van der Waals surface area (Å²) in [4.78, 5) is 29.9. The summed E-state index contributed by atoms with van der Waals surface area (Å²) in [6.45, 7) is 4.17. The molecule has 2 aliphatic heterocycles. The summed E-state index contributed by atoms with van der Waals surface area (Å²) in [5.41, 5.74) is 0.945. The van der Waals surface area contributed by atoms with E-state index in [-0.39, 0.29) is 17.1 Å². The normalized spacial score (nSPS) is 20.9. The van der Waals surface area contributed by atoms with Crippen LogP contribution in [-0.4, -0.2) is 78.2 Å². The number of aliphatic hydroxyl groups excluding tert-OH is 1. The maximum Gasteiger partial charge on any atom is 0.295 e. The van der Waals surface area contributed by atoms with Crippen LogP contribution in [0.4, 0.5) is 0 Å². The molecule has 174 valence electrons. The Labute approximate surface area is 192 Å². The number of aliphatic hydroxyl groups is 1. The molecule has 2 fully saturated rings. The first-order valence-corrected chi connectivity index (χ1v) is 11.0. The quantitative estimate of drug-likeness (QED) is 0.378. The number of nitrogens with zero attached hydrogens (tertiary/aromatic N) is 2. The van der Waals surface area contributed by atoms with Crippen molar-refractivity contribution in [2.24, 2.45) is 0 Å². The third-order valence-electron chi connectivity index (χ3n) is 6.05. The number of Topliss-reactive ketones (excluding diaryl/α,β-unsaturated/α-hetero) is 1. The highest BCUT2D eigenvalue weighted by Gasteiger charge is 2.46. The number of aromatic hydroxyl groups is 1. The van der Waals surface area contributed by atoms with E-state index in [2.05, 4.69) is 4.90 Å². The van der Waals surface area contributed by atoms with E-state index in [1.165, 1.54) is 24.1 Å². The van der Waals surface area contributed by atoms with Gasteiger partial charge in [-0.3, -0.25) is 14.5 Å². The standard InChI is InChI=1S/C25H28N2O6/c1-32-20-8-3-6-18(16-20)23(29)21-22(17-5-2-7-19(28)15-17)27(25(31)24(21)30)10-4-9-26-11-13-33-14-12-26/h2-3,5-8,15-16,22,28-29H,4,9-14H2,1H3.